The molecule has 0 spiro atoms. The van der Waals surface area contributed by atoms with E-state index in [-0.39, 0.29) is 17.7 Å². The van der Waals surface area contributed by atoms with Gasteiger partial charge in [0.15, 0.2) is 5.76 Å². The molecule has 2 aromatic heterocycles. The van der Waals surface area contributed by atoms with E-state index in [0.29, 0.717) is 38.2 Å². The number of piperidine rings is 1. The minimum absolute atomic E-state index is 0.0205. The van der Waals surface area contributed by atoms with Crippen molar-refractivity contribution < 1.29 is 14.0 Å². The fraction of sp³-hybridized carbons (Fsp3) is 0.350. The topological polar surface area (TPSA) is 80.4 Å². The molecule has 3 aromatic rings. The average molecular weight is 366 g/mol. The SMILES string of the molecule is Cn1c(CNC(=O)C2CCN(C(=O)c3ccco3)CC2)nc2ccccc21. The van der Waals surface area contributed by atoms with Crippen LogP contribution in [0.25, 0.3) is 11.0 Å². The Balaban J connectivity index is 1.32. The van der Waals surface area contributed by atoms with Crippen molar-refractivity contribution >= 4 is 22.8 Å². The molecule has 27 heavy (non-hydrogen) atoms. The number of imidazole rings is 1. The van der Waals surface area contributed by atoms with Gasteiger partial charge in [-0.15, -0.1) is 0 Å². The zero-order valence-corrected chi connectivity index (χ0v) is 15.2. The molecule has 0 bridgehead atoms. The second-order valence-electron chi connectivity index (χ2n) is 6.84. The molecule has 1 aromatic carbocycles. The molecule has 0 radical (unpaired) electrons. The number of para-hydroxylation sites is 2. The van der Waals surface area contributed by atoms with Crippen LogP contribution in [0.4, 0.5) is 0 Å². The number of likely N-dealkylation sites (tertiary alicyclic amines) is 1. The number of carbonyl (C=O) groups is 2. The lowest BCUT2D eigenvalue weighted by Crippen LogP contribution is -2.43. The summed E-state index contributed by atoms with van der Waals surface area (Å²) < 4.78 is 7.17. The van der Waals surface area contributed by atoms with Crippen molar-refractivity contribution in [3.8, 4) is 0 Å². The highest BCUT2D eigenvalue weighted by Crippen LogP contribution is 2.20. The molecular weight excluding hydrogens is 344 g/mol. The molecule has 1 aliphatic rings. The molecule has 0 atom stereocenters. The number of hydrogen-bond donors (Lipinski definition) is 1. The molecule has 1 N–H and O–H groups in total. The summed E-state index contributed by atoms with van der Waals surface area (Å²) in [6.07, 6.45) is 2.80. The van der Waals surface area contributed by atoms with Crippen LogP contribution in [-0.4, -0.2) is 39.4 Å². The van der Waals surface area contributed by atoms with E-state index in [1.807, 2.05) is 35.9 Å². The number of aromatic nitrogens is 2. The Morgan fingerprint density at radius 3 is 2.67 bits per heavy atom. The van der Waals surface area contributed by atoms with E-state index in [2.05, 4.69) is 10.3 Å². The quantitative estimate of drug-likeness (QED) is 0.768. The second-order valence-corrected chi connectivity index (χ2v) is 6.84. The van der Waals surface area contributed by atoms with E-state index >= 15 is 0 Å². The van der Waals surface area contributed by atoms with Crippen molar-refractivity contribution in [1.29, 1.82) is 0 Å². The number of rotatable bonds is 4. The Hall–Kier alpha value is -3.09. The first-order valence-corrected chi connectivity index (χ1v) is 9.14. The summed E-state index contributed by atoms with van der Waals surface area (Å²) in [4.78, 5) is 31.1. The van der Waals surface area contributed by atoms with Crippen LogP contribution in [0.15, 0.2) is 47.1 Å². The lowest BCUT2D eigenvalue weighted by molar-refractivity contribution is -0.126. The van der Waals surface area contributed by atoms with Gasteiger partial charge in [-0.1, -0.05) is 12.1 Å². The molecule has 2 amide bonds. The molecule has 4 rings (SSSR count). The number of nitrogens with zero attached hydrogens (tertiary/aromatic N) is 3. The van der Waals surface area contributed by atoms with Crippen molar-refractivity contribution in [2.45, 2.75) is 19.4 Å². The Morgan fingerprint density at radius 1 is 1.19 bits per heavy atom. The van der Waals surface area contributed by atoms with E-state index in [4.69, 9.17) is 4.42 Å². The van der Waals surface area contributed by atoms with Gasteiger partial charge in [-0.2, -0.15) is 0 Å². The average Bonchev–Trinajstić information content (AvgIpc) is 3.35. The molecular formula is C20H22N4O3. The first-order chi connectivity index (χ1) is 13.1. The van der Waals surface area contributed by atoms with Crippen LogP contribution in [0.1, 0.15) is 29.2 Å². The fourth-order valence-electron chi connectivity index (χ4n) is 3.56. The summed E-state index contributed by atoms with van der Waals surface area (Å²) in [5.74, 6) is 1.00. The van der Waals surface area contributed by atoms with Crippen LogP contribution in [0.2, 0.25) is 0 Å². The standard InChI is InChI=1S/C20H22N4O3/c1-23-16-6-3-2-5-15(16)22-18(23)13-21-19(25)14-8-10-24(11-9-14)20(26)17-7-4-12-27-17/h2-7,12,14H,8-11,13H2,1H3,(H,21,25). The number of benzene rings is 1. The maximum absolute atomic E-state index is 12.5. The Morgan fingerprint density at radius 2 is 1.96 bits per heavy atom. The van der Waals surface area contributed by atoms with Crippen LogP contribution in [0.3, 0.4) is 0 Å². The van der Waals surface area contributed by atoms with Gasteiger partial charge < -0.3 is 19.2 Å². The first-order valence-electron chi connectivity index (χ1n) is 9.14. The van der Waals surface area contributed by atoms with Crippen LogP contribution in [0, 0.1) is 5.92 Å². The zero-order valence-electron chi connectivity index (χ0n) is 15.2. The van der Waals surface area contributed by atoms with Crippen molar-refractivity contribution in [3.63, 3.8) is 0 Å². The van der Waals surface area contributed by atoms with Gasteiger partial charge in [-0.05, 0) is 37.1 Å². The van der Waals surface area contributed by atoms with Gasteiger partial charge in [0.05, 0.1) is 23.8 Å². The predicted molar refractivity (Wildman–Crippen MR) is 99.9 cm³/mol. The molecule has 1 fully saturated rings. The van der Waals surface area contributed by atoms with Gasteiger partial charge in [0, 0.05) is 26.1 Å². The van der Waals surface area contributed by atoms with Crippen molar-refractivity contribution in [2.75, 3.05) is 13.1 Å². The van der Waals surface area contributed by atoms with Crippen LogP contribution < -0.4 is 5.32 Å². The molecule has 7 nitrogen and oxygen atoms in total. The largest absolute Gasteiger partial charge is 0.459 e. The smallest absolute Gasteiger partial charge is 0.289 e. The van der Waals surface area contributed by atoms with Crippen LogP contribution >= 0.6 is 0 Å². The van der Waals surface area contributed by atoms with Crippen LogP contribution in [0.5, 0.6) is 0 Å². The van der Waals surface area contributed by atoms with E-state index in [0.717, 1.165) is 16.9 Å². The summed E-state index contributed by atoms with van der Waals surface area (Å²) >= 11 is 0. The van der Waals surface area contributed by atoms with Gasteiger partial charge >= 0.3 is 0 Å². The Bertz CT molecular complexity index is 953. The summed E-state index contributed by atoms with van der Waals surface area (Å²) in [5.41, 5.74) is 1.97. The van der Waals surface area contributed by atoms with E-state index in [1.54, 1.807) is 17.0 Å². The minimum atomic E-state index is -0.112. The molecule has 140 valence electrons. The summed E-state index contributed by atoms with van der Waals surface area (Å²) in [7, 11) is 1.95. The molecule has 1 aliphatic heterocycles. The zero-order chi connectivity index (χ0) is 18.8. The number of carbonyl (C=O) groups excluding carboxylic acids is 2. The molecule has 1 saturated heterocycles. The van der Waals surface area contributed by atoms with Crippen molar-refractivity contribution in [3.05, 3.63) is 54.2 Å². The molecule has 0 saturated carbocycles. The predicted octanol–water partition coefficient (Wildman–Crippen LogP) is 2.33. The first kappa shape index (κ1) is 17.3. The third-order valence-corrected chi connectivity index (χ3v) is 5.19. The molecule has 0 aliphatic carbocycles. The maximum atomic E-state index is 12.5. The van der Waals surface area contributed by atoms with Gasteiger partial charge in [0.2, 0.25) is 5.91 Å². The number of fused-ring (bicyclic) bond motifs is 1. The van der Waals surface area contributed by atoms with Gasteiger partial charge in [-0.25, -0.2) is 4.98 Å². The van der Waals surface area contributed by atoms with Crippen LogP contribution in [-0.2, 0) is 18.4 Å². The Labute approximate surface area is 157 Å². The Kier molecular flexibility index (Phi) is 4.66. The molecule has 7 heteroatoms. The highest BCUT2D eigenvalue weighted by Gasteiger charge is 2.28. The fourth-order valence-corrected chi connectivity index (χ4v) is 3.56. The van der Waals surface area contributed by atoms with E-state index in [9.17, 15) is 9.59 Å². The lowest BCUT2D eigenvalue weighted by Gasteiger charge is -2.30. The highest BCUT2D eigenvalue weighted by molar-refractivity contribution is 5.91. The van der Waals surface area contributed by atoms with Gasteiger partial charge in [0.1, 0.15) is 5.82 Å². The molecule has 3 heterocycles. The minimum Gasteiger partial charge on any atom is -0.459 e. The normalized spacial score (nSPS) is 15.2. The van der Waals surface area contributed by atoms with Gasteiger partial charge in [-0.3, -0.25) is 9.59 Å². The number of furan rings is 1. The third-order valence-electron chi connectivity index (χ3n) is 5.19. The lowest BCUT2D eigenvalue weighted by atomic mass is 9.95. The molecule has 0 unspecified atom stereocenters. The second kappa shape index (κ2) is 7.26. The summed E-state index contributed by atoms with van der Waals surface area (Å²) in [5, 5.41) is 3.00. The maximum Gasteiger partial charge on any atom is 0.289 e. The number of nitrogens with one attached hydrogen (secondary N) is 1. The van der Waals surface area contributed by atoms with Gasteiger partial charge in [0.25, 0.3) is 5.91 Å². The summed E-state index contributed by atoms with van der Waals surface area (Å²) in [6.45, 7) is 1.52. The number of aryl methyl sites for hydroxylation is 1. The van der Waals surface area contributed by atoms with E-state index in [1.165, 1.54) is 6.26 Å². The monoisotopic (exact) mass is 366 g/mol. The number of amides is 2. The number of hydrogen-bond acceptors (Lipinski definition) is 4. The summed E-state index contributed by atoms with van der Waals surface area (Å²) in [6, 6.07) is 11.3. The van der Waals surface area contributed by atoms with Crippen molar-refractivity contribution in [2.24, 2.45) is 13.0 Å². The highest BCUT2D eigenvalue weighted by atomic mass is 16.3. The van der Waals surface area contributed by atoms with E-state index < -0.39 is 0 Å². The van der Waals surface area contributed by atoms with Crippen molar-refractivity contribution in [1.82, 2.24) is 19.8 Å². The third kappa shape index (κ3) is 3.45.